The van der Waals surface area contributed by atoms with Crippen LogP contribution in [0.1, 0.15) is 11.1 Å². The van der Waals surface area contributed by atoms with Crippen LogP contribution in [0.25, 0.3) is 6.08 Å². The number of hydrogen-bond donors (Lipinski definition) is 0. The molecule has 0 unspecified atom stereocenters. The van der Waals surface area contributed by atoms with Gasteiger partial charge >= 0.3 is 6.11 Å². The van der Waals surface area contributed by atoms with Gasteiger partial charge in [0.2, 0.25) is 0 Å². The third kappa shape index (κ3) is 3.40. The van der Waals surface area contributed by atoms with Crippen LogP contribution in [0.4, 0.5) is 13.2 Å². The Balaban J connectivity index is 2.69. The molecular formula is C11H11F3O. The largest absolute Gasteiger partial charge is 0.384 e. The van der Waals surface area contributed by atoms with E-state index in [0.717, 1.165) is 0 Å². The van der Waals surface area contributed by atoms with Crippen molar-refractivity contribution < 1.29 is 17.9 Å². The number of halogens is 3. The van der Waals surface area contributed by atoms with E-state index in [9.17, 15) is 13.2 Å². The lowest BCUT2D eigenvalue weighted by molar-refractivity contribution is -0.252. The van der Waals surface area contributed by atoms with Gasteiger partial charge in [0.05, 0.1) is 6.61 Å². The minimum Gasteiger partial charge on any atom is -0.314 e. The SMILES string of the molecule is C=Cc1ccccc1COC(F)(F)CF. The minimum absolute atomic E-state index is 0.334. The molecule has 0 bridgehead atoms. The number of benzene rings is 1. The van der Waals surface area contributed by atoms with E-state index in [0.29, 0.717) is 11.1 Å². The zero-order valence-corrected chi connectivity index (χ0v) is 8.05. The molecule has 1 nitrogen and oxygen atoms in total. The van der Waals surface area contributed by atoms with Crippen molar-refractivity contribution in [3.05, 3.63) is 42.0 Å². The molecular weight excluding hydrogens is 205 g/mol. The highest BCUT2D eigenvalue weighted by Gasteiger charge is 2.29. The zero-order valence-electron chi connectivity index (χ0n) is 8.05. The van der Waals surface area contributed by atoms with Gasteiger partial charge in [0.15, 0.2) is 6.67 Å². The van der Waals surface area contributed by atoms with Crippen LogP contribution >= 0.6 is 0 Å². The van der Waals surface area contributed by atoms with Gasteiger partial charge in [-0.1, -0.05) is 36.9 Å². The molecule has 0 spiro atoms. The normalized spacial score (nSPS) is 11.4. The van der Waals surface area contributed by atoms with Crippen LogP contribution in [0.5, 0.6) is 0 Å². The fourth-order valence-electron chi connectivity index (χ4n) is 1.09. The molecule has 0 aliphatic carbocycles. The highest BCUT2D eigenvalue weighted by Crippen LogP contribution is 2.20. The summed E-state index contributed by atoms with van der Waals surface area (Å²) in [6.07, 6.45) is -2.18. The maximum absolute atomic E-state index is 12.5. The van der Waals surface area contributed by atoms with Crippen LogP contribution < -0.4 is 0 Å². The average molecular weight is 216 g/mol. The lowest BCUT2D eigenvalue weighted by Gasteiger charge is -2.13. The van der Waals surface area contributed by atoms with Crippen molar-refractivity contribution in [2.24, 2.45) is 0 Å². The van der Waals surface area contributed by atoms with E-state index in [1.54, 1.807) is 24.3 Å². The second-order valence-electron chi connectivity index (χ2n) is 2.96. The molecule has 0 aromatic heterocycles. The second-order valence-corrected chi connectivity index (χ2v) is 2.96. The van der Waals surface area contributed by atoms with Crippen molar-refractivity contribution >= 4 is 6.08 Å². The van der Waals surface area contributed by atoms with E-state index in [-0.39, 0.29) is 6.61 Å². The Morgan fingerprint density at radius 3 is 2.60 bits per heavy atom. The summed E-state index contributed by atoms with van der Waals surface area (Å²) >= 11 is 0. The van der Waals surface area contributed by atoms with Crippen molar-refractivity contribution in [3.8, 4) is 0 Å². The van der Waals surface area contributed by atoms with Crippen molar-refractivity contribution in [3.63, 3.8) is 0 Å². The maximum Gasteiger partial charge on any atom is 0.384 e. The summed E-state index contributed by atoms with van der Waals surface area (Å²) in [6, 6.07) is 6.80. The maximum atomic E-state index is 12.5. The number of ether oxygens (including phenoxy) is 1. The molecule has 15 heavy (non-hydrogen) atoms. The highest BCUT2D eigenvalue weighted by molar-refractivity contribution is 5.51. The Morgan fingerprint density at radius 1 is 1.33 bits per heavy atom. The summed E-state index contributed by atoms with van der Waals surface area (Å²) in [5, 5.41) is 0. The van der Waals surface area contributed by atoms with Crippen LogP contribution in [0.15, 0.2) is 30.8 Å². The van der Waals surface area contributed by atoms with Crippen molar-refractivity contribution in [2.45, 2.75) is 12.7 Å². The van der Waals surface area contributed by atoms with Gasteiger partial charge in [-0.3, -0.25) is 0 Å². The predicted molar refractivity (Wildman–Crippen MR) is 52.2 cm³/mol. The van der Waals surface area contributed by atoms with Crippen LogP contribution in [0, 0.1) is 0 Å². The molecule has 0 aliphatic heterocycles. The minimum atomic E-state index is -3.71. The smallest absolute Gasteiger partial charge is 0.314 e. The van der Waals surface area contributed by atoms with E-state index >= 15 is 0 Å². The summed E-state index contributed by atoms with van der Waals surface area (Å²) in [5.74, 6) is 0. The first kappa shape index (κ1) is 11.8. The van der Waals surface area contributed by atoms with E-state index in [1.165, 1.54) is 6.08 Å². The van der Waals surface area contributed by atoms with E-state index in [1.807, 2.05) is 0 Å². The second kappa shape index (κ2) is 4.98. The van der Waals surface area contributed by atoms with Crippen molar-refractivity contribution in [1.29, 1.82) is 0 Å². The standard InChI is InChI=1S/C11H11F3O/c1-2-9-5-3-4-6-10(9)7-15-11(13,14)8-12/h2-6H,1,7-8H2. The van der Waals surface area contributed by atoms with E-state index in [4.69, 9.17) is 0 Å². The van der Waals surface area contributed by atoms with Crippen LogP contribution in [0.3, 0.4) is 0 Å². The summed E-state index contributed by atoms with van der Waals surface area (Å²) in [6.45, 7) is 1.39. The van der Waals surface area contributed by atoms with Gasteiger partial charge in [-0.05, 0) is 11.1 Å². The summed E-state index contributed by atoms with van der Waals surface area (Å²) in [4.78, 5) is 0. The van der Waals surface area contributed by atoms with Crippen molar-refractivity contribution in [2.75, 3.05) is 6.67 Å². The predicted octanol–water partition coefficient (Wildman–Crippen LogP) is 3.41. The number of rotatable bonds is 5. The third-order valence-electron chi connectivity index (χ3n) is 1.87. The quantitative estimate of drug-likeness (QED) is 0.732. The summed E-state index contributed by atoms with van der Waals surface area (Å²) in [7, 11) is 0. The molecule has 1 aromatic carbocycles. The van der Waals surface area contributed by atoms with E-state index < -0.39 is 12.8 Å². The summed E-state index contributed by atoms with van der Waals surface area (Å²) < 4.78 is 40.8. The fraction of sp³-hybridized carbons (Fsp3) is 0.273. The topological polar surface area (TPSA) is 9.23 Å². The van der Waals surface area contributed by atoms with E-state index in [2.05, 4.69) is 11.3 Å². The first-order valence-corrected chi connectivity index (χ1v) is 4.37. The first-order chi connectivity index (χ1) is 7.09. The molecule has 1 aromatic rings. The molecule has 0 fully saturated rings. The molecule has 0 atom stereocenters. The molecule has 0 saturated carbocycles. The number of hydrogen-bond acceptors (Lipinski definition) is 1. The van der Waals surface area contributed by atoms with Crippen LogP contribution in [0.2, 0.25) is 0 Å². The molecule has 0 heterocycles. The zero-order chi connectivity index (χ0) is 11.3. The third-order valence-corrected chi connectivity index (χ3v) is 1.87. The number of alkyl halides is 3. The first-order valence-electron chi connectivity index (χ1n) is 4.37. The van der Waals surface area contributed by atoms with Gasteiger partial charge in [-0.25, -0.2) is 4.39 Å². The molecule has 0 N–H and O–H groups in total. The molecule has 0 saturated heterocycles. The summed E-state index contributed by atoms with van der Waals surface area (Å²) in [5.41, 5.74) is 1.26. The lowest BCUT2D eigenvalue weighted by atomic mass is 10.1. The van der Waals surface area contributed by atoms with Gasteiger partial charge in [0.25, 0.3) is 0 Å². The van der Waals surface area contributed by atoms with Gasteiger partial charge in [0.1, 0.15) is 0 Å². The molecule has 1 rings (SSSR count). The van der Waals surface area contributed by atoms with Crippen LogP contribution in [-0.2, 0) is 11.3 Å². The van der Waals surface area contributed by atoms with Crippen LogP contribution in [-0.4, -0.2) is 12.8 Å². The molecule has 82 valence electrons. The monoisotopic (exact) mass is 216 g/mol. The highest BCUT2D eigenvalue weighted by atomic mass is 19.3. The van der Waals surface area contributed by atoms with Crippen molar-refractivity contribution in [1.82, 2.24) is 0 Å². The Kier molecular flexibility index (Phi) is 3.91. The fourth-order valence-corrected chi connectivity index (χ4v) is 1.09. The lowest BCUT2D eigenvalue weighted by Crippen LogP contribution is -2.23. The van der Waals surface area contributed by atoms with Gasteiger partial charge in [-0.15, -0.1) is 0 Å². The molecule has 4 heteroatoms. The average Bonchev–Trinajstić information content (AvgIpc) is 2.27. The molecule has 0 radical (unpaired) electrons. The van der Waals surface area contributed by atoms with Gasteiger partial charge < -0.3 is 4.74 Å². The molecule has 0 amide bonds. The van der Waals surface area contributed by atoms with Gasteiger partial charge in [0, 0.05) is 0 Å². The van der Waals surface area contributed by atoms with Gasteiger partial charge in [-0.2, -0.15) is 8.78 Å². The Bertz CT molecular complexity index is 336. The Labute approximate surface area is 86.2 Å². The Morgan fingerprint density at radius 2 is 2.00 bits per heavy atom. The molecule has 0 aliphatic rings. The Hall–Kier alpha value is -1.29.